The molecule has 0 atom stereocenters. The zero-order chi connectivity index (χ0) is 29.5. The molecule has 1 aliphatic rings. The summed E-state index contributed by atoms with van der Waals surface area (Å²) in [6.45, 7) is 4.91. The van der Waals surface area contributed by atoms with Crippen LogP contribution in [0, 0.1) is 6.92 Å². The maximum absolute atomic E-state index is 13.3. The molecule has 5 N–H and O–H groups in total. The molecule has 42 heavy (non-hydrogen) atoms. The number of hydrogen-bond donors (Lipinski definition) is 4. The van der Waals surface area contributed by atoms with Gasteiger partial charge in [0.1, 0.15) is 11.4 Å². The molecule has 3 heterocycles. The topological polar surface area (TPSA) is 145 Å². The standard InChI is InChI=1S/C32H30N6O4/c1-18-21(4-3-5-25(18)36-31(41)26-11-7-20(39)17-34-26)22-9-10-24(30(33)40)29-28(22)23-8-6-19(16-27(23)35-29)32(42)38-14-12-37(2)13-15-38/h3-11,16-17,35,39H,12-15H2,1-2H3,(H2,33,40)(H,36,41). The molecule has 0 unspecified atom stereocenters. The van der Waals surface area contributed by atoms with Crippen LogP contribution in [-0.2, 0) is 0 Å². The number of likely N-dealkylation sites (N-methyl/N-ethyl adjacent to an activating group) is 1. The molecule has 0 spiro atoms. The molecule has 0 aliphatic carbocycles. The molecule has 2 aromatic heterocycles. The van der Waals surface area contributed by atoms with Crippen molar-refractivity contribution in [2.75, 3.05) is 38.5 Å². The molecule has 1 saturated heterocycles. The monoisotopic (exact) mass is 562 g/mol. The van der Waals surface area contributed by atoms with Gasteiger partial charge >= 0.3 is 0 Å². The van der Waals surface area contributed by atoms with E-state index in [1.807, 2.05) is 55.3 Å². The van der Waals surface area contributed by atoms with Crippen LogP contribution in [0.3, 0.4) is 0 Å². The number of anilines is 1. The van der Waals surface area contributed by atoms with Crippen LogP contribution in [0.4, 0.5) is 5.69 Å². The van der Waals surface area contributed by atoms with Gasteiger partial charge in [-0.1, -0.05) is 24.3 Å². The Hall–Kier alpha value is -5.22. The minimum Gasteiger partial charge on any atom is -0.506 e. The Labute approximate surface area is 241 Å². The number of carbonyl (C=O) groups excluding carboxylic acids is 3. The first-order valence-electron chi connectivity index (χ1n) is 13.6. The Bertz CT molecular complexity index is 1870. The summed E-state index contributed by atoms with van der Waals surface area (Å²) in [6.07, 6.45) is 1.22. The van der Waals surface area contributed by atoms with Crippen LogP contribution >= 0.6 is 0 Å². The lowest BCUT2D eigenvalue weighted by atomic mass is 9.93. The van der Waals surface area contributed by atoms with Crippen molar-refractivity contribution >= 4 is 45.2 Å². The van der Waals surface area contributed by atoms with Crippen LogP contribution in [0.2, 0.25) is 0 Å². The predicted octanol–water partition coefficient (Wildman–Crippen LogP) is 4.14. The summed E-state index contributed by atoms with van der Waals surface area (Å²) in [7, 11) is 2.05. The van der Waals surface area contributed by atoms with Gasteiger partial charge in [0.05, 0.1) is 17.3 Å². The number of hydrogen-bond acceptors (Lipinski definition) is 6. The van der Waals surface area contributed by atoms with Gasteiger partial charge < -0.3 is 30.9 Å². The van der Waals surface area contributed by atoms with Gasteiger partial charge in [-0.05, 0) is 67.1 Å². The van der Waals surface area contributed by atoms with Gasteiger partial charge in [-0.3, -0.25) is 14.4 Å². The van der Waals surface area contributed by atoms with Gasteiger partial charge in [0.25, 0.3) is 17.7 Å². The number of aromatic hydroxyl groups is 1. The van der Waals surface area contributed by atoms with E-state index in [1.165, 1.54) is 18.3 Å². The van der Waals surface area contributed by atoms with Crippen molar-refractivity contribution in [2.24, 2.45) is 5.73 Å². The average Bonchev–Trinajstić information content (AvgIpc) is 3.37. The molecule has 3 amide bonds. The Kier molecular flexibility index (Phi) is 6.83. The Morgan fingerprint density at radius 3 is 2.48 bits per heavy atom. The largest absolute Gasteiger partial charge is 0.506 e. The third kappa shape index (κ3) is 4.82. The van der Waals surface area contributed by atoms with Crippen LogP contribution in [-0.4, -0.2) is 75.8 Å². The highest BCUT2D eigenvalue weighted by Crippen LogP contribution is 2.39. The van der Waals surface area contributed by atoms with Crippen LogP contribution in [0.15, 0.2) is 66.9 Å². The van der Waals surface area contributed by atoms with Crippen molar-refractivity contribution in [1.82, 2.24) is 19.8 Å². The number of aromatic nitrogens is 2. The second kappa shape index (κ2) is 10.6. The Morgan fingerprint density at radius 2 is 1.76 bits per heavy atom. The predicted molar refractivity (Wildman–Crippen MR) is 162 cm³/mol. The van der Waals surface area contributed by atoms with Gasteiger partial charge in [0, 0.05) is 53.7 Å². The highest BCUT2D eigenvalue weighted by molar-refractivity contribution is 6.20. The molecule has 6 rings (SSSR count). The maximum Gasteiger partial charge on any atom is 0.274 e. The highest BCUT2D eigenvalue weighted by Gasteiger charge is 2.23. The Morgan fingerprint density at radius 1 is 0.976 bits per heavy atom. The normalized spacial score (nSPS) is 13.9. The van der Waals surface area contributed by atoms with Crippen molar-refractivity contribution in [2.45, 2.75) is 6.92 Å². The van der Waals surface area contributed by atoms with E-state index < -0.39 is 11.8 Å². The summed E-state index contributed by atoms with van der Waals surface area (Å²) in [6, 6.07) is 17.6. The molecular formula is C32H30N6O4. The fourth-order valence-electron chi connectivity index (χ4n) is 5.54. The van der Waals surface area contributed by atoms with Crippen molar-refractivity contribution in [3.8, 4) is 16.9 Å². The number of nitrogens with zero attached hydrogens (tertiary/aromatic N) is 3. The number of benzene rings is 3. The summed E-state index contributed by atoms with van der Waals surface area (Å²) in [5, 5.41) is 14.1. The zero-order valence-electron chi connectivity index (χ0n) is 23.3. The number of fused-ring (bicyclic) bond motifs is 3. The van der Waals surface area contributed by atoms with Crippen molar-refractivity contribution < 1.29 is 19.5 Å². The number of piperazine rings is 1. The second-order valence-electron chi connectivity index (χ2n) is 10.6. The molecule has 3 aromatic carbocycles. The molecule has 0 radical (unpaired) electrons. The van der Waals surface area contributed by atoms with E-state index in [4.69, 9.17) is 5.73 Å². The molecule has 10 heteroatoms. The van der Waals surface area contributed by atoms with Crippen molar-refractivity contribution in [3.05, 3.63) is 89.2 Å². The van der Waals surface area contributed by atoms with E-state index in [0.29, 0.717) is 35.4 Å². The number of aromatic amines is 1. The molecule has 0 bridgehead atoms. The lowest BCUT2D eigenvalue weighted by Crippen LogP contribution is -2.47. The lowest BCUT2D eigenvalue weighted by Gasteiger charge is -2.32. The van der Waals surface area contributed by atoms with Crippen molar-refractivity contribution in [3.63, 3.8) is 0 Å². The number of nitrogens with one attached hydrogen (secondary N) is 2. The molecule has 10 nitrogen and oxygen atoms in total. The fraction of sp³-hybridized carbons (Fsp3) is 0.188. The van der Waals surface area contributed by atoms with Gasteiger partial charge in [-0.2, -0.15) is 0 Å². The molecule has 1 aliphatic heterocycles. The average molecular weight is 563 g/mol. The first kappa shape index (κ1) is 27.0. The first-order valence-corrected chi connectivity index (χ1v) is 13.6. The second-order valence-corrected chi connectivity index (χ2v) is 10.6. The quantitative estimate of drug-likeness (QED) is 0.253. The maximum atomic E-state index is 13.3. The smallest absolute Gasteiger partial charge is 0.274 e. The van der Waals surface area contributed by atoms with E-state index in [-0.39, 0.29) is 17.4 Å². The van der Waals surface area contributed by atoms with E-state index in [9.17, 15) is 19.5 Å². The summed E-state index contributed by atoms with van der Waals surface area (Å²) in [5.74, 6) is -1.02. The third-order valence-electron chi connectivity index (χ3n) is 7.91. The van der Waals surface area contributed by atoms with Crippen LogP contribution in [0.25, 0.3) is 32.9 Å². The minimum absolute atomic E-state index is 0.0253. The van der Waals surface area contributed by atoms with Crippen molar-refractivity contribution in [1.29, 1.82) is 0 Å². The van der Waals surface area contributed by atoms with E-state index >= 15 is 0 Å². The van der Waals surface area contributed by atoms with E-state index in [2.05, 4.69) is 20.2 Å². The summed E-state index contributed by atoms with van der Waals surface area (Å²) in [5.41, 5.74) is 11.3. The number of pyridine rings is 1. The molecular weight excluding hydrogens is 532 g/mol. The highest BCUT2D eigenvalue weighted by atomic mass is 16.3. The third-order valence-corrected chi connectivity index (χ3v) is 7.91. The molecule has 0 saturated carbocycles. The Balaban J connectivity index is 1.43. The number of H-pyrrole nitrogens is 1. The van der Waals surface area contributed by atoms with Gasteiger partial charge in [-0.25, -0.2) is 4.98 Å². The van der Waals surface area contributed by atoms with E-state index in [1.54, 1.807) is 12.1 Å². The number of primary amides is 1. The van der Waals surface area contributed by atoms with Crippen LogP contribution < -0.4 is 11.1 Å². The fourth-order valence-corrected chi connectivity index (χ4v) is 5.54. The van der Waals surface area contributed by atoms with Crippen LogP contribution in [0.5, 0.6) is 5.75 Å². The summed E-state index contributed by atoms with van der Waals surface area (Å²) in [4.78, 5) is 50.0. The van der Waals surface area contributed by atoms with Gasteiger partial charge in [0.2, 0.25) is 0 Å². The molecule has 212 valence electrons. The number of nitrogens with two attached hydrogens (primary N) is 1. The van der Waals surface area contributed by atoms with Crippen LogP contribution in [0.1, 0.15) is 36.8 Å². The van der Waals surface area contributed by atoms with E-state index in [0.717, 1.165) is 46.1 Å². The zero-order valence-corrected chi connectivity index (χ0v) is 23.3. The number of amides is 3. The lowest BCUT2D eigenvalue weighted by molar-refractivity contribution is 0.0664. The molecule has 5 aromatic rings. The first-order chi connectivity index (χ1) is 20.2. The van der Waals surface area contributed by atoms with Gasteiger partial charge in [-0.15, -0.1) is 0 Å². The summed E-state index contributed by atoms with van der Waals surface area (Å²) < 4.78 is 0. The molecule has 1 fully saturated rings. The SMILES string of the molecule is Cc1c(NC(=O)c2ccc(O)cn2)cccc1-c1ccc(C(N)=O)c2[nH]c3cc(C(=O)N4CCN(C)CC4)ccc3c12. The number of carbonyl (C=O) groups is 3. The number of rotatable bonds is 5. The minimum atomic E-state index is -0.564. The van der Waals surface area contributed by atoms with Gasteiger partial charge in [0.15, 0.2) is 0 Å². The summed E-state index contributed by atoms with van der Waals surface area (Å²) >= 11 is 0.